The van der Waals surface area contributed by atoms with Gasteiger partial charge in [-0.2, -0.15) is 8.42 Å². The molecule has 0 radical (unpaired) electrons. The molecule has 1 amide bonds. The van der Waals surface area contributed by atoms with E-state index in [0.29, 0.717) is 5.56 Å². The zero-order valence-corrected chi connectivity index (χ0v) is 23.5. The molecule has 3 rings (SSSR count). The van der Waals surface area contributed by atoms with Crippen molar-refractivity contribution in [1.82, 2.24) is 5.32 Å². The van der Waals surface area contributed by atoms with Gasteiger partial charge in [-0.05, 0) is 5.56 Å². The van der Waals surface area contributed by atoms with Gasteiger partial charge in [0, 0.05) is 6.92 Å². The first-order valence-electron chi connectivity index (χ1n) is 11.3. The first-order valence-corrected chi connectivity index (χ1v) is 12.6. The van der Waals surface area contributed by atoms with Gasteiger partial charge in [0.2, 0.25) is 12.2 Å². The van der Waals surface area contributed by atoms with Crippen LogP contribution in [0.25, 0.3) is 0 Å². The molecule has 0 bridgehead atoms. The van der Waals surface area contributed by atoms with Gasteiger partial charge < -0.3 is 51.6 Å². The summed E-state index contributed by atoms with van der Waals surface area (Å²) < 4.78 is 51.5. The summed E-state index contributed by atoms with van der Waals surface area (Å²) in [6.45, 7) is -0.536. The van der Waals surface area contributed by atoms with Gasteiger partial charge in [-0.1, -0.05) is 30.3 Å². The van der Waals surface area contributed by atoms with Crippen LogP contribution in [0, 0.1) is 0 Å². The molecule has 7 N–H and O–H groups in total. The average molecular weight is 578 g/mol. The third-order valence-corrected chi connectivity index (χ3v) is 6.65. The summed E-state index contributed by atoms with van der Waals surface area (Å²) in [4.78, 5) is 11.9. The van der Waals surface area contributed by atoms with Crippen LogP contribution in [0.3, 0.4) is 0 Å². The molecule has 0 saturated carbocycles. The summed E-state index contributed by atoms with van der Waals surface area (Å²) in [5.41, 5.74) is 0.704. The van der Waals surface area contributed by atoms with Crippen molar-refractivity contribution in [2.75, 3.05) is 13.2 Å². The smallest absolute Gasteiger partial charge is 1.00 e. The van der Waals surface area contributed by atoms with Gasteiger partial charge in [0.25, 0.3) is 0 Å². The molecule has 2 aliphatic heterocycles. The maximum Gasteiger partial charge on any atom is 1.00 e. The Kier molecular flexibility index (Phi) is 12.9. The van der Waals surface area contributed by atoms with Crippen LogP contribution in [0.5, 0.6) is 0 Å². The molecule has 2 fully saturated rings. The fraction of sp³-hybridized carbons (Fsp3) is 0.667. The zero-order valence-electron chi connectivity index (χ0n) is 21.6. The molecule has 2 aliphatic rings. The van der Waals surface area contributed by atoms with E-state index in [-0.39, 0.29) is 37.6 Å². The molecule has 0 spiro atoms. The number of nitrogens with one attached hydrogen (secondary N) is 1. The summed E-state index contributed by atoms with van der Waals surface area (Å²) in [5.74, 6) is -0.655. The molecular weight excluding hydrogens is 545 g/mol. The fourth-order valence-electron chi connectivity index (χ4n) is 3.89. The molecule has 15 nitrogen and oxygen atoms in total. The summed E-state index contributed by atoms with van der Waals surface area (Å²) >= 11 is 0. The Bertz CT molecular complexity index is 992. The van der Waals surface area contributed by atoms with Crippen LogP contribution in [0.4, 0.5) is 0 Å². The number of hydrogen-bond donors (Lipinski definition) is 7. The van der Waals surface area contributed by atoms with Gasteiger partial charge in [-0.3, -0.25) is 4.79 Å². The van der Waals surface area contributed by atoms with Crippen molar-refractivity contribution in [3.05, 3.63) is 35.9 Å². The van der Waals surface area contributed by atoms with E-state index in [1.807, 2.05) is 0 Å². The second-order valence-electron chi connectivity index (χ2n) is 8.50. The van der Waals surface area contributed by atoms with E-state index in [0.717, 1.165) is 6.92 Å². The normalized spacial score (nSPS) is 35.8. The summed E-state index contributed by atoms with van der Waals surface area (Å²) in [5, 5.41) is 61.8. The topological polar surface area (TPSA) is 231 Å². The summed E-state index contributed by atoms with van der Waals surface area (Å²) in [6.07, 6.45) is -15.7. The Morgan fingerprint density at radius 1 is 0.921 bits per heavy atom. The fourth-order valence-corrected chi connectivity index (χ4v) is 4.83. The van der Waals surface area contributed by atoms with Crippen molar-refractivity contribution >= 4 is 16.3 Å². The predicted molar refractivity (Wildman–Crippen MR) is 120 cm³/mol. The molecular formula is C21H32NNaO14S. The number of carbonyl (C=O) groups is 1. The molecule has 1 aromatic rings. The number of aliphatic hydroxyl groups excluding tert-OH is 6. The van der Waals surface area contributed by atoms with Crippen molar-refractivity contribution in [2.45, 2.75) is 74.9 Å². The van der Waals surface area contributed by atoms with Crippen molar-refractivity contribution in [2.24, 2.45) is 0 Å². The van der Waals surface area contributed by atoms with E-state index in [4.69, 9.17) is 22.6 Å². The molecule has 2 heterocycles. The molecule has 10 atom stereocenters. The first kappa shape index (κ1) is 33.4. The molecule has 212 valence electrons. The van der Waals surface area contributed by atoms with Crippen molar-refractivity contribution < 1.29 is 97.4 Å². The largest absolute Gasteiger partial charge is 1.00 e. The van der Waals surface area contributed by atoms with Crippen LogP contribution >= 0.6 is 0 Å². The van der Waals surface area contributed by atoms with Crippen LogP contribution < -0.4 is 34.9 Å². The van der Waals surface area contributed by atoms with Crippen LogP contribution in [0.1, 0.15) is 13.9 Å². The second kappa shape index (κ2) is 14.7. The Balaban J connectivity index is 0.00000380. The van der Waals surface area contributed by atoms with Gasteiger partial charge in [0.05, 0.1) is 19.8 Å². The van der Waals surface area contributed by atoms with E-state index < -0.39 is 90.9 Å². The van der Waals surface area contributed by atoms with Crippen LogP contribution in [-0.4, -0.2) is 120 Å². The predicted octanol–water partition coefficient (Wildman–Crippen LogP) is -6.65. The average Bonchev–Trinajstić information content (AvgIpc) is 2.86. The minimum absolute atomic E-state index is 0. The number of amides is 1. The summed E-state index contributed by atoms with van der Waals surface area (Å²) in [7, 11) is -5.17. The van der Waals surface area contributed by atoms with Gasteiger partial charge in [0.1, 0.15) is 48.8 Å². The number of aliphatic hydroxyl groups is 6. The van der Waals surface area contributed by atoms with Crippen LogP contribution in [-0.2, 0) is 44.4 Å². The van der Waals surface area contributed by atoms with Crippen molar-refractivity contribution in [3.8, 4) is 0 Å². The molecule has 0 aliphatic carbocycles. The first-order chi connectivity index (χ1) is 17.5. The van der Waals surface area contributed by atoms with Gasteiger partial charge in [0.15, 0.2) is 6.29 Å². The second-order valence-corrected chi connectivity index (χ2v) is 9.70. The Hall–Kier alpha value is -0.800. The monoisotopic (exact) mass is 577 g/mol. The number of benzene rings is 1. The molecule has 0 unspecified atom stereocenters. The summed E-state index contributed by atoms with van der Waals surface area (Å²) in [6, 6.07) is 7.33. The third kappa shape index (κ3) is 8.35. The van der Waals surface area contributed by atoms with Gasteiger partial charge in [-0.25, -0.2) is 8.37 Å². The van der Waals surface area contributed by atoms with Gasteiger partial charge >= 0.3 is 40.0 Å². The SMILES string of the molecule is CC(=O)N[C@@H]1[C@@H](OCc2ccccc2)O[C@H](CO)[C@@H](O)[C@H]1OS(=O)(=O)O[C@@H]1O[C@H](CO)[C@H](O)[C@H](O)[C@H]1O.[H-].[Na+]. The Labute approximate surface area is 242 Å². The van der Waals surface area contributed by atoms with Crippen molar-refractivity contribution in [1.29, 1.82) is 0 Å². The standard InChI is InChI=1S/C21H31NO14S.Na.H/c1-10(25)22-14-19(16(27)13(8-24)33-20(14)32-9-11-5-3-2-4-6-11)35-37(30,31)36-21-18(29)17(28)15(26)12(7-23)34-21;;/h2-6,12-21,23-24,26-29H,7-9H2,1H3,(H,22,25);;/q;+1;-1/t12-,13-,14+,15+,16-,17+,18-,19+,20+,21+;;/m1../s1. The Morgan fingerprint density at radius 2 is 1.50 bits per heavy atom. The van der Waals surface area contributed by atoms with Crippen LogP contribution in [0.2, 0.25) is 0 Å². The molecule has 2 saturated heterocycles. The minimum atomic E-state index is -5.17. The minimum Gasteiger partial charge on any atom is -1.00 e. The van der Waals surface area contributed by atoms with E-state index in [9.17, 15) is 43.9 Å². The van der Waals surface area contributed by atoms with E-state index >= 15 is 0 Å². The number of rotatable bonds is 10. The van der Waals surface area contributed by atoms with E-state index in [1.54, 1.807) is 30.3 Å². The number of hydrogen-bond acceptors (Lipinski definition) is 14. The maximum atomic E-state index is 12.7. The third-order valence-electron chi connectivity index (χ3n) is 5.77. The molecule has 1 aromatic carbocycles. The molecule has 0 aromatic heterocycles. The molecule has 38 heavy (non-hydrogen) atoms. The number of ether oxygens (including phenoxy) is 3. The molecule has 17 heteroatoms. The van der Waals surface area contributed by atoms with E-state index in [2.05, 4.69) is 5.32 Å². The van der Waals surface area contributed by atoms with Crippen LogP contribution in [0.15, 0.2) is 30.3 Å². The number of carbonyl (C=O) groups excluding carboxylic acids is 1. The Morgan fingerprint density at radius 3 is 2.08 bits per heavy atom. The van der Waals surface area contributed by atoms with E-state index in [1.165, 1.54) is 0 Å². The van der Waals surface area contributed by atoms with Crippen molar-refractivity contribution in [3.63, 3.8) is 0 Å². The quantitative estimate of drug-likeness (QED) is 0.128. The maximum absolute atomic E-state index is 12.7. The zero-order chi connectivity index (χ0) is 27.3. The van der Waals surface area contributed by atoms with Gasteiger partial charge in [-0.15, -0.1) is 0 Å².